The summed E-state index contributed by atoms with van der Waals surface area (Å²) in [4.78, 5) is 2.97. The smallest absolute Gasteiger partial charge is 0.0541 e. The molecule has 0 spiro atoms. The summed E-state index contributed by atoms with van der Waals surface area (Å²) in [6.07, 6.45) is 13.0. The maximum Gasteiger partial charge on any atom is 0.0541 e. The summed E-state index contributed by atoms with van der Waals surface area (Å²) in [6.45, 7) is 8.47. The number of nitrogens with zero attached hydrogens (tertiary/aromatic N) is 1. The molecule has 0 unspecified atom stereocenters. The maximum absolute atomic E-state index is 4.13. The normalized spacial score (nSPS) is 12.9. The Bertz CT molecular complexity index is 1310. The first-order chi connectivity index (χ1) is 14.7. The molecule has 5 rings (SSSR count). The second-order valence-electron chi connectivity index (χ2n) is 7.78. The van der Waals surface area contributed by atoms with Gasteiger partial charge in [-0.2, -0.15) is 0 Å². The van der Waals surface area contributed by atoms with Crippen LogP contribution in [0.3, 0.4) is 0 Å². The molecule has 148 valence electrons. The predicted octanol–water partition coefficient (Wildman–Crippen LogP) is 7.84. The van der Waals surface area contributed by atoms with Crippen molar-refractivity contribution in [2.75, 3.05) is 0 Å². The van der Waals surface area contributed by atoms with E-state index in [-0.39, 0.29) is 0 Å². The van der Waals surface area contributed by atoms with Crippen LogP contribution in [0, 0.1) is 6.92 Å². The third kappa shape index (κ3) is 3.00. The number of aryl methyl sites for hydroxylation is 1. The van der Waals surface area contributed by atoms with Gasteiger partial charge in [-0.1, -0.05) is 55.1 Å². The Hall–Kier alpha value is -3.10. The molecule has 30 heavy (non-hydrogen) atoms. The van der Waals surface area contributed by atoms with Crippen molar-refractivity contribution >= 4 is 40.5 Å². The zero-order valence-electron chi connectivity index (χ0n) is 17.5. The topological polar surface area (TPSA) is 4.93 Å². The first kappa shape index (κ1) is 18.9. The molecule has 0 bridgehead atoms. The summed E-state index contributed by atoms with van der Waals surface area (Å²) in [6, 6.07) is 17.5. The Kier molecular flexibility index (Phi) is 4.80. The number of hydrogen-bond acceptors (Lipinski definition) is 1. The standard InChI is InChI=1S/C28H25NS/c1-4-10-22-25-18-20(17-24-19(3)30-28-14-9-13-23(24)28)15-16-27(25)29(26(22)5-2)21-11-7-6-8-12-21/h4-13,15-16,18H,2,14,17H2,1,3H3/b10-4-. The SMILES string of the molecule is C=Cc1c(/C=C\C)c2cc(Cc3c(C)sc4c3C=CC4)ccc2n1-c1ccccc1. The van der Waals surface area contributed by atoms with Crippen molar-refractivity contribution in [3.05, 3.63) is 105 Å². The van der Waals surface area contributed by atoms with E-state index in [0.717, 1.165) is 24.2 Å². The molecule has 0 aliphatic heterocycles. The fourth-order valence-corrected chi connectivity index (χ4v) is 5.76. The van der Waals surface area contributed by atoms with E-state index in [1.54, 1.807) is 0 Å². The van der Waals surface area contributed by atoms with Gasteiger partial charge in [0.25, 0.3) is 0 Å². The summed E-state index contributed by atoms with van der Waals surface area (Å²) in [5, 5.41) is 1.28. The van der Waals surface area contributed by atoms with Gasteiger partial charge < -0.3 is 4.57 Å². The number of para-hydroxylation sites is 1. The van der Waals surface area contributed by atoms with Gasteiger partial charge in [-0.15, -0.1) is 11.3 Å². The summed E-state index contributed by atoms with van der Waals surface area (Å²) in [5.41, 5.74) is 9.07. The molecule has 1 aliphatic rings. The molecule has 1 nitrogen and oxygen atoms in total. The molecule has 0 N–H and O–H groups in total. The molecule has 2 aromatic heterocycles. The number of fused-ring (bicyclic) bond motifs is 2. The van der Waals surface area contributed by atoms with Gasteiger partial charge in [-0.3, -0.25) is 0 Å². The lowest BCUT2D eigenvalue weighted by Crippen LogP contribution is -1.96. The number of allylic oxidation sites excluding steroid dienone is 2. The molecule has 0 saturated carbocycles. The maximum atomic E-state index is 4.13. The van der Waals surface area contributed by atoms with Crippen molar-refractivity contribution in [3.63, 3.8) is 0 Å². The lowest BCUT2D eigenvalue weighted by Gasteiger charge is -2.09. The minimum atomic E-state index is 0.979. The molecule has 2 heteroatoms. The van der Waals surface area contributed by atoms with E-state index in [1.165, 1.54) is 42.9 Å². The lowest BCUT2D eigenvalue weighted by atomic mass is 9.99. The second kappa shape index (κ2) is 7.62. The number of hydrogen-bond donors (Lipinski definition) is 0. The summed E-state index contributed by atoms with van der Waals surface area (Å²) >= 11 is 1.95. The Morgan fingerprint density at radius 2 is 1.97 bits per heavy atom. The van der Waals surface area contributed by atoms with Crippen LogP contribution in [-0.4, -0.2) is 4.57 Å². The van der Waals surface area contributed by atoms with Crippen LogP contribution in [-0.2, 0) is 12.8 Å². The van der Waals surface area contributed by atoms with Crippen LogP contribution in [0.2, 0.25) is 0 Å². The molecule has 0 radical (unpaired) electrons. The molecule has 0 amide bonds. The van der Waals surface area contributed by atoms with Crippen LogP contribution in [0.5, 0.6) is 0 Å². The van der Waals surface area contributed by atoms with Gasteiger partial charge in [-0.05, 0) is 67.3 Å². The van der Waals surface area contributed by atoms with Gasteiger partial charge in [0, 0.05) is 32.8 Å². The molecule has 0 atom stereocenters. The molecule has 0 saturated heterocycles. The van der Waals surface area contributed by atoms with Crippen LogP contribution >= 0.6 is 11.3 Å². The quantitative estimate of drug-likeness (QED) is 0.317. The van der Waals surface area contributed by atoms with Crippen molar-refractivity contribution in [1.29, 1.82) is 0 Å². The van der Waals surface area contributed by atoms with Gasteiger partial charge in [-0.25, -0.2) is 0 Å². The summed E-state index contributed by atoms with van der Waals surface area (Å²) < 4.78 is 2.32. The van der Waals surface area contributed by atoms with Crippen LogP contribution < -0.4 is 0 Å². The highest BCUT2D eigenvalue weighted by Gasteiger charge is 2.18. The van der Waals surface area contributed by atoms with Gasteiger partial charge in [0.05, 0.1) is 11.2 Å². The van der Waals surface area contributed by atoms with Crippen molar-refractivity contribution in [3.8, 4) is 5.69 Å². The van der Waals surface area contributed by atoms with Gasteiger partial charge >= 0.3 is 0 Å². The predicted molar refractivity (Wildman–Crippen MR) is 133 cm³/mol. The molecule has 4 aromatic rings. The van der Waals surface area contributed by atoms with Crippen molar-refractivity contribution < 1.29 is 0 Å². The van der Waals surface area contributed by atoms with E-state index in [1.807, 2.05) is 17.4 Å². The van der Waals surface area contributed by atoms with Gasteiger partial charge in [0.2, 0.25) is 0 Å². The van der Waals surface area contributed by atoms with Crippen LogP contribution in [0.25, 0.3) is 34.8 Å². The van der Waals surface area contributed by atoms with E-state index in [2.05, 4.69) is 97.8 Å². The van der Waals surface area contributed by atoms with E-state index in [4.69, 9.17) is 0 Å². The summed E-state index contributed by atoms with van der Waals surface area (Å²) in [5.74, 6) is 0. The van der Waals surface area contributed by atoms with Gasteiger partial charge in [0.1, 0.15) is 0 Å². The molecular weight excluding hydrogens is 382 g/mol. The largest absolute Gasteiger partial charge is 0.309 e. The van der Waals surface area contributed by atoms with E-state index in [9.17, 15) is 0 Å². The van der Waals surface area contributed by atoms with Crippen molar-refractivity contribution in [2.45, 2.75) is 26.7 Å². The van der Waals surface area contributed by atoms with Crippen LogP contribution in [0.1, 0.15) is 44.6 Å². The second-order valence-corrected chi connectivity index (χ2v) is 9.09. The Morgan fingerprint density at radius 3 is 2.73 bits per heavy atom. The Balaban J connectivity index is 1.69. The molecule has 2 aromatic carbocycles. The molecular formula is C28H25NS. The van der Waals surface area contributed by atoms with Gasteiger partial charge in [0.15, 0.2) is 0 Å². The highest BCUT2D eigenvalue weighted by molar-refractivity contribution is 7.12. The number of thiophene rings is 1. The fraction of sp³-hybridized carbons (Fsp3) is 0.143. The minimum Gasteiger partial charge on any atom is -0.309 e. The van der Waals surface area contributed by atoms with Crippen LogP contribution in [0.4, 0.5) is 0 Å². The fourth-order valence-electron chi connectivity index (χ4n) is 4.60. The average Bonchev–Trinajstić information content (AvgIpc) is 3.42. The summed E-state index contributed by atoms with van der Waals surface area (Å²) in [7, 11) is 0. The molecule has 1 aliphatic carbocycles. The Labute approximate surface area is 182 Å². The number of rotatable bonds is 5. The van der Waals surface area contributed by atoms with Crippen molar-refractivity contribution in [1.82, 2.24) is 4.57 Å². The third-order valence-corrected chi connectivity index (χ3v) is 7.13. The first-order valence-electron chi connectivity index (χ1n) is 10.5. The van der Waals surface area contributed by atoms with Crippen molar-refractivity contribution in [2.24, 2.45) is 0 Å². The minimum absolute atomic E-state index is 0.979. The van der Waals surface area contributed by atoms with Crippen LogP contribution in [0.15, 0.2) is 67.3 Å². The third-order valence-electron chi connectivity index (χ3n) is 5.95. The monoisotopic (exact) mass is 407 g/mol. The number of aromatic nitrogens is 1. The van der Waals surface area contributed by atoms with E-state index >= 15 is 0 Å². The molecule has 0 fully saturated rings. The average molecular weight is 408 g/mol. The van der Waals surface area contributed by atoms with E-state index in [0.29, 0.717) is 0 Å². The highest BCUT2D eigenvalue weighted by Crippen LogP contribution is 2.37. The highest BCUT2D eigenvalue weighted by atomic mass is 32.1. The molecule has 2 heterocycles. The zero-order valence-corrected chi connectivity index (χ0v) is 18.3. The number of benzene rings is 2. The lowest BCUT2D eigenvalue weighted by molar-refractivity contribution is 1.10. The van der Waals surface area contributed by atoms with E-state index < -0.39 is 0 Å². The zero-order chi connectivity index (χ0) is 20.7. The Morgan fingerprint density at radius 1 is 1.13 bits per heavy atom. The first-order valence-corrected chi connectivity index (χ1v) is 11.3.